The number of benzene rings is 1. The molecule has 0 N–H and O–H groups in total. The molecule has 9 nitrogen and oxygen atoms in total. The van der Waals surface area contributed by atoms with Crippen LogP contribution in [0.1, 0.15) is 12.6 Å². The lowest BCUT2D eigenvalue weighted by Gasteiger charge is -2.17. The molecule has 1 aromatic carbocycles. The van der Waals surface area contributed by atoms with E-state index in [9.17, 15) is 10.1 Å². The van der Waals surface area contributed by atoms with Gasteiger partial charge in [0.05, 0.1) is 11.0 Å². The van der Waals surface area contributed by atoms with Gasteiger partial charge in [-0.1, -0.05) is 0 Å². The number of nitrogens with zero attached hydrogens (tertiary/aromatic N) is 2. The van der Waals surface area contributed by atoms with Crippen molar-refractivity contribution >= 4 is 5.69 Å². The molecule has 0 spiro atoms. The number of non-ortho nitro benzene ring substituents is 1. The van der Waals surface area contributed by atoms with Gasteiger partial charge in [0.2, 0.25) is 11.5 Å². The molecule has 0 saturated carbocycles. The lowest BCUT2D eigenvalue weighted by atomic mass is 10.1. The molecule has 1 heterocycles. The minimum atomic E-state index is -4.94. The van der Waals surface area contributed by atoms with E-state index in [2.05, 4.69) is 0 Å². The van der Waals surface area contributed by atoms with Gasteiger partial charge in [-0.15, -0.1) is 10.2 Å². The first-order valence-corrected chi connectivity index (χ1v) is 7.22. The van der Waals surface area contributed by atoms with E-state index in [4.69, 9.17) is 23.2 Å². The van der Waals surface area contributed by atoms with Gasteiger partial charge >= 0.3 is 0 Å². The van der Waals surface area contributed by atoms with E-state index in [1.165, 1.54) is 12.1 Å². The SMILES string of the molecule is CC[n+]1oc(-c2ccc([N+](=O)[O-])cc2)cc1C.[O-][Cl+3]([O-])([O-])[O-]. The second-order valence-corrected chi connectivity index (χ2v) is 4.87. The summed E-state index contributed by atoms with van der Waals surface area (Å²) in [5.74, 6) is 0.722. The summed E-state index contributed by atoms with van der Waals surface area (Å²) in [6, 6.07) is 8.25. The highest BCUT2D eigenvalue weighted by molar-refractivity contribution is 5.58. The van der Waals surface area contributed by atoms with Crippen LogP contribution >= 0.6 is 0 Å². The zero-order valence-corrected chi connectivity index (χ0v) is 12.5. The number of aryl methyl sites for hydroxylation is 2. The van der Waals surface area contributed by atoms with Crippen LogP contribution < -0.4 is 23.4 Å². The normalized spacial score (nSPS) is 10.8. The second-order valence-electron chi connectivity index (χ2n) is 4.12. The van der Waals surface area contributed by atoms with E-state index in [0.29, 0.717) is 0 Å². The molecule has 2 rings (SSSR count). The summed E-state index contributed by atoms with van der Waals surface area (Å²) in [7, 11) is -4.94. The van der Waals surface area contributed by atoms with Crippen LogP contribution in [-0.4, -0.2) is 4.92 Å². The van der Waals surface area contributed by atoms with Gasteiger partial charge in [0.1, 0.15) is 0 Å². The molecule has 0 aliphatic carbocycles. The van der Waals surface area contributed by atoms with Gasteiger partial charge in [-0.05, 0) is 23.8 Å². The van der Waals surface area contributed by atoms with Crippen molar-refractivity contribution in [1.29, 1.82) is 0 Å². The fourth-order valence-electron chi connectivity index (χ4n) is 1.68. The first-order valence-electron chi connectivity index (χ1n) is 5.99. The molecule has 0 aliphatic rings. The molecule has 0 fully saturated rings. The van der Waals surface area contributed by atoms with Crippen molar-refractivity contribution in [1.82, 2.24) is 0 Å². The third-order valence-electron chi connectivity index (χ3n) is 2.59. The van der Waals surface area contributed by atoms with Crippen LogP contribution in [0.25, 0.3) is 11.3 Å². The maximum Gasteiger partial charge on any atom is 0.269 e. The maximum atomic E-state index is 10.5. The smallest absolute Gasteiger partial charge is 0.258 e. The van der Waals surface area contributed by atoms with E-state index in [1.807, 2.05) is 19.9 Å². The zero-order chi connectivity index (χ0) is 16.9. The monoisotopic (exact) mass is 332 g/mol. The number of nitro benzene ring substituents is 1. The Morgan fingerprint density at radius 1 is 1.18 bits per heavy atom. The van der Waals surface area contributed by atoms with E-state index >= 15 is 0 Å². The van der Waals surface area contributed by atoms with Crippen LogP contribution in [0.2, 0.25) is 0 Å². The lowest BCUT2D eigenvalue weighted by Crippen LogP contribution is -2.68. The Balaban J connectivity index is 0.000000422. The van der Waals surface area contributed by atoms with Crippen molar-refractivity contribution in [2.75, 3.05) is 0 Å². The highest BCUT2D eigenvalue weighted by atomic mass is 35.7. The Bertz CT molecular complexity index is 628. The molecule has 0 atom stereocenters. The summed E-state index contributed by atoms with van der Waals surface area (Å²) in [5, 5.41) is 10.5. The highest BCUT2D eigenvalue weighted by Crippen LogP contribution is 2.22. The standard InChI is InChI=1S/C12H13N2O3.ClHO4/c1-3-13-9(2)8-12(17-13)10-4-6-11(7-5-10)14(15)16;2-1(3,4)5/h4-8H,3H2,1-2H3;(H,2,3,4,5)/q+1;/p-1. The van der Waals surface area contributed by atoms with Crippen LogP contribution in [0, 0.1) is 27.3 Å². The Hall–Kier alpha value is -2.04. The zero-order valence-electron chi connectivity index (χ0n) is 11.7. The fourth-order valence-corrected chi connectivity index (χ4v) is 1.68. The van der Waals surface area contributed by atoms with Gasteiger partial charge in [0.25, 0.3) is 5.69 Å². The molecule has 0 bridgehead atoms. The highest BCUT2D eigenvalue weighted by Gasteiger charge is 2.15. The average Bonchev–Trinajstić information content (AvgIpc) is 2.78. The molecule has 10 heteroatoms. The van der Waals surface area contributed by atoms with Gasteiger partial charge in [-0.2, -0.15) is 0 Å². The summed E-state index contributed by atoms with van der Waals surface area (Å²) in [5.41, 5.74) is 1.95. The number of hydrogen-bond acceptors (Lipinski definition) is 7. The van der Waals surface area contributed by atoms with Gasteiger partial charge in [-0.3, -0.25) is 10.1 Å². The van der Waals surface area contributed by atoms with Crippen molar-refractivity contribution < 1.29 is 43.1 Å². The van der Waals surface area contributed by atoms with Gasteiger partial charge in [-0.25, -0.2) is 23.2 Å². The summed E-state index contributed by atoms with van der Waals surface area (Å²) in [4.78, 5) is 10.1. The van der Waals surface area contributed by atoms with Crippen LogP contribution in [-0.2, 0) is 6.54 Å². The molecule has 0 aliphatic heterocycles. The average molecular weight is 333 g/mol. The van der Waals surface area contributed by atoms with Crippen molar-refractivity contribution in [2.45, 2.75) is 20.4 Å². The molecule has 120 valence electrons. The first kappa shape index (κ1) is 18.0. The third kappa shape index (κ3) is 5.76. The van der Waals surface area contributed by atoms with Crippen LogP contribution in [0.3, 0.4) is 0 Å². The number of rotatable bonds is 3. The maximum absolute atomic E-state index is 10.5. The Labute approximate surface area is 127 Å². The molecule has 2 aromatic rings. The Morgan fingerprint density at radius 2 is 1.68 bits per heavy atom. The molecular weight excluding hydrogens is 320 g/mol. The van der Waals surface area contributed by atoms with E-state index in [-0.39, 0.29) is 5.69 Å². The minimum absolute atomic E-state index is 0.0837. The van der Waals surface area contributed by atoms with Crippen LogP contribution in [0.4, 0.5) is 5.69 Å². The topological polar surface area (TPSA) is 152 Å². The number of aromatic nitrogens is 1. The van der Waals surface area contributed by atoms with E-state index in [1.54, 1.807) is 16.9 Å². The van der Waals surface area contributed by atoms with Gasteiger partial charge in [0, 0.05) is 24.6 Å². The molecular formula is C12H13ClN2O7. The largest absolute Gasteiger partial charge is 0.269 e. The quantitative estimate of drug-likeness (QED) is 0.348. The third-order valence-corrected chi connectivity index (χ3v) is 2.59. The summed E-state index contributed by atoms with van der Waals surface area (Å²) < 4.78 is 41.3. The molecule has 0 saturated heterocycles. The Morgan fingerprint density at radius 3 is 2.05 bits per heavy atom. The van der Waals surface area contributed by atoms with Crippen molar-refractivity contribution in [3.63, 3.8) is 0 Å². The van der Waals surface area contributed by atoms with Gasteiger partial charge in [0.15, 0.2) is 6.54 Å². The molecule has 22 heavy (non-hydrogen) atoms. The number of halogens is 1. The first-order chi connectivity index (χ1) is 10.1. The predicted octanol–water partition coefficient (Wildman–Crippen LogP) is -2.29. The number of hydrogen-bond donors (Lipinski definition) is 0. The van der Waals surface area contributed by atoms with Crippen LogP contribution in [0.15, 0.2) is 34.9 Å². The number of nitro groups is 1. The predicted molar refractivity (Wildman–Crippen MR) is 61.4 cm³/mol. The van der Waals surface area contributed by atoms with Gasteiger partial charge < -0.3 is 0 Å². The molecule has 0 radical (unpaired) electrons. The summed E-state index contributed by atoms with van der Waals surface area (Å²) >= 11 is 0. The fraction of sp³-hybridized carbons (Fsp3) is 0.250. The second kappa shape index (κ2) is 7.29. The van der Waals surface area contributed by atoms with Crippen molar-refractivity contribution in [3.05, 3.63) is 46.1 Å². The van der Waals surface area contributed by atoms with E-state index in [0.717, 1.165) is 23.6 Å². The lowest BCUT2D eigenvalue weighted by molar-refractivity contribution is -2.00. The van der Waals surface area contributed by atoms with Crippen molar-refractivity contribution in [3.8, 4) is 11.3 Å². The summed E-state index contributed by atoms with van der Waals surface area (Å²) in [6.45, 7) is 4.72. The molecule has 1 aromatic heterocycles. The van der Waals surface area contributed by atoms with E-state index < -0.39 is 15.2 Å². The summed E-state index contributed by atoms with van der Waals surface area (Å²) in [6.07, 6.45) is 0. The minimum Gasteiger partial charge on any atom is -0.258 e. The molecule has 0 amide bonds. The van der Waals surface area contributed by atoms with Crippen molar-refractivity contribution in [2.24, 2.45) is 0 Å². The van der Waals surface area contributed by atoms with Crippen LogP contribution in [0.5, 0.6) is 0 Å². The molecule has 0 unspecified atom stereocenters. The Kier molecular flexibility index (Phi) is 5.97.